The number of likely N-dealkylation sites (N-methyl/N-ethyl adjacent to an activating group) is 1. The average molecular weight is 232 g/mol. The van der Waals surface area contributed by atoms with Gasteiger partial charge >= 0.3 is 0 Å². The summed E-state index contributed by atoms with van der Waals surface area (Å²) in [7, 11) is 4.08. The van der Waals surface area contributed by atoms with E-state index in [1.54, 1.807) is 18.2 Å². The van der Waals surface area contributed by atoms with Gasteiger partial charge in [0.15, 0.2) is 0 Å². The highest BCUT2D eigenvalue weighted by molar-refractivity contribution is 5.68. The maximum absolute atomic E-state index is 8.84. The van der Waals surface area contributed by atoms with Gasteiger partial charge in [-0.3, -0.25) is 0 Å². The van der Waals surface area contributed by atoms with Crippen molar-refractivity contribution in [3.63, 3.8) is 0 Å². The lowest BCUT2D eigenvalue weighted by molar-refractivity contribution is 0.210. The molecule has 0 spiro atoms. The number of hydrogen-bond donors (Lipinski definition) is 2. The van der Waals surface area contributed by atoms with E-state index < -0.39 is 0 Å². The first-order valence-electron chi connectivity index (χ1n) is 5.58. The predicted octanol–water partition coefficient (Wildman–Crippen LogP) is 1.89. The summed E-state index contributed by atoms with van der Waals surface area (Å²) >= 11 is 0. The van der Waals surface area contributed by atoms with Crippen LogP contribution in [0.2, 0.25) is 0 Å². The Balaban J connectivity index is 2.79. The molecule has 3 N–H and O–H groups in total. The minimum Gasteiger partial charge on any atom is -0.397 e. The average Bonchev–Trinajstić information content (AvgIpc) is 2.28. The molecule has 0 aliphatic carbocycles. The molecule has 4 nitrogen and oxygen atoms in total. The zero-order valence-electron chi connectivity index (χ0n) is 10.9. The SMILES string of the molecule is CN(C)C(C)(C)CNc1cc(C#N)ccc1N. The van der Waals surface area contributed by atoms with E-state index in [-0.39, 0.29) is 5.54 Å². The summed E-state index contributed by atoms with van der Waals surface area (Å²) in [5.41, 5.74) is 7.99. The third-order valence-corrected chi connectivity index (χ3v) is 3.10. The van der Waals surface area contributed by atoms with E-state index in [1.807, 2.05) is 14.1 Å². The molecule has 0 radical (unpaired) electrons. The third-order valence-electron chi connectivity index (χ3n) is 3.10. The van der Waals surface area contributed by atoms with Crippen LogP contribution in [0, 0.1) is 11.3 Å². The Bertz CT molecular complexity index is 430. The molecule has 17 heavy (non-hydrogen) atoms. The Labute approximate surface area is 103 Å². The quantitative estimate of drug-likeness (QED) is 0.778. The molecule has 0 aromatic heterocycles. The van der Waals surface area contributed by atoms with Crippen molar-refractivity contribution in [3.05, 3.63) is 23.8 Å². The molecule has 0 fully saturated rings. The maximum atomic E-state index is 8.84. The van der Waals surface area contributed by atoms with Crippen LogP contribution in [0.4, 0.5) is 11.4 Å². The van der Waals surface area contributed by atoms with E-state index in [9.17, 15) is 0 Å². The number of nitrogens with two attached hydrogens (primary N) is 1. The van der Waals surface area contributed by atoms with Crippen molar-refractivity contribution >= 4 is 11.4 Å². The number of hydrogen-bond acceptors (Lipinski definition) is 4. The van der Waals surface area contributed by atoms with Crippen LogP contribution in [0.5, 0.6) is 0 Å². The molecule has 0 bridgehead atoms. The molecular weight excluding hydrogens is 212 g/mol. The van der Waals surface area contributed by atoms with Crippen LogP contribution >= 0.6 is 0 Å². The van der Waals surface area contributed by atoms with E-state index >= 15 is 0 Å². The molecular formula is C13H20N4. The van der Waals surface area contributed by atoms with E-state index in [0.29, 0.717) is 11.3 Å². The fourth-order valence-electron chi connectivity index (χ4n) is 1.25. The number of nitriles is 1. The van der Waals surface area contributed by atoms with Gasteiger partial charge in [0.05, 0.1) is 23.0 Å². The highest BCUT2D eigenvalue weighted by atomic mass is 15.2. The molecule has 0 saturated heterocycles. The smallest absolute Gasteiger partial charge is 0.0992 e. The Kier molecular flexibility index (Phi) is 3.97. The minimum atomic E-state index is 0.0229. The lowest BCUT2D eigenvalue weighted by atomic mass is 10.0. The van der Waals surface area contributed by atoms with Crippen LogP contribution in [0.25, 0.3) is 0 Å². The zero-order valence-corrected chi connectivity index (χ0v) is 10.9. The van der Waals surface area contributed by atoms with Crippen molar-refractivity contribution in [1.29, 1.82) is 5.26 Å². The molecule has 0 saturated carbocycles. The van der Waals surface area contributed by atoms with Crippen molar-refractivity contribution < 1.29 is 0 Å². The van der Waals surface area contributed by atoms with Gasteiger partial charge in [-0.1, -0.05) is 0 Å². The van der Waals surface area contributed by atoms with Crippen LogP contribution < -0.4 is 11.1 Å². The normalized spacial score (nSPS) is 11.3. The van der Waals surface area contributed by atoms with Gasteiger partial charge in [0.2, 0.25) is 0 Å². The second kappa shape index (κ2) is 5.07. The highest BCUT2D eigenvalue weighted by Gasteiger charge is 2.20. The first-order valence-corrected chi connectivity index (χ1v) is 5.58. The van der Waals surface area contributed by atoms with Gasteiger partial charge in [-0.25, -0.2) is 0 Å². The topological polar surface area (TPSA) is 65.1 Å². The molecule has 1 aromatic carbocycles. The number of nitrogens with zero attached hydrogens (tertiary/aromatic N) is 2. The molecule has 0 unspecified atom stereocenters. The van der Waals surface area contributed by atoms with Crippen LogP contribution in [0.3, 0.4) is 0 Å². The zero-order chi connectivity index (χ0) is 13.1. The van der Waals surface area contributed by atoms with Crippen LogP contribution in [-0.2, 0) is 0 Å². The molecule has 92 valence electrons. The summed E-state index contributed by atoms with van der Waals surface area (Å²) in [4.78, 5) is 2.14. The molecule has 4 heteroatoms. The predicted molar refractivity (Wildman–Crippen MR) is 71.8 cm³/mol. The van der Waals surface area contributed by atoms with Gasteiger partial charge in [-0.2, -0.15) is 5.26 Å². The van der Waals surface area contributed by atoms with E-state index in [0.717, 1.165) is 12.2 Å². The van der Waals surface area contributed by atoms with Crippen molar-refractivity contribution in [1.82, 2.24) is 4.90 Å². The van der Waals surface area contributed by atoms with E-state index in [4.69, 9.17) is 11.0 Å². The lowest BCUT2D eigenvalue weighted by Gasteiger charge is -2.33. The summed E-state index contributed by atoms with van der Waals surface area (Å²) in [6, 6.07) is 7.36. The molecule has 1 rings (SSSR count). The Morgan fingerprint density at radius 2 is 2.06 bits per heavy atom. The third kappa shape index (κ3) is 3.36. The number of nitrogens with one attached hydrogen (secondary N) is 1. The first kappa shape index (κ1) is 13.3. The van der Waals surface area contributed by atoms with Crippen LogP contribution in [0.1, 0.15) is 19.4 Å². The highest BCUT2D eigenvalue weighted by Crippen LogP contribution is 2.21. The summed E-state index contributed by atoms with van der Waals surface area (Å²) in [6.07, 6.45) is 0. The van der Waals surface area contributed by atoms with Gasteiger partial charge in [0.1, 0.15) is 0 Å². The second-order valence-corrected chi connectivity index (χ2v) is 4.97. The van der Waals surface area contributed by atoms with Gasteiger partial charge in [0.25, 0.3) is 0 Å². The van der Waals surface area contributed by atoms with Crippen molar-refractivity contribution in [2.75, 3.05) is 31.7 Å². The van der Waals surface area contributed by atoms with Crippen LogP contribution in [0.15, 0.2) is 18.2 Å². The largest absolute Gasteiger partial charge is 0.397 e. The number of benzene rings is 1. The standard InChI is InChI=1S/C13H20N4/c1-13(2,17(3)4)9-16-12-7-10(8-14)5-6-11(12)15/h5-7,16H,9,15H2,1-4H3. The number of nitrogen functional groups attached to an aromatic ring is 1. The van der Waals surface area contributed by atoms with Crippen molar-refractivity contribution in [2.24, 2.45) is 0 Å². The first-order chi connectivity index (χ1) is 7.86. The molecule has 0 amide bonds. The van der Waals surface area contributed by atoms with Gasteiger partial charge in [-0.15, -0.1) is 0 Å². The maximum Gasteiger partial charge on any atom is 0.0992 e. The Morgan fingerprint density at radius 1 is 1.41 bits per heavy atom. The number of rotatable bonds is 4. The van der Waals surface area contributed by atoms with Gasteiger partial charge in [-0.05, 0) is 46.1 Å². The van der Waals surface area contributed by atoms with Crippen molar-refractivity contribution in [2.45, 2.75) is 19.4 Å². The second-order valence-electron chi connectivity index (χ2n) is 4.97. The van der Waals surface area contributed by atoms with Gasteiger partial charge in [0, 0.05) is 12.1 Å². The molecule has 1 aromatic rings. The van der Waals surface area contributed by atoms with E-state index in [2.05, 4.69) is 30.1 Å². The Morgan fingerprint density at radius 3 is 2.59 bits per heavy atom. The van der Waals surface area contributed by atoms with Gasteiger partial charge < -0.3 is 16.0 Å². The monoisotopic (exact) mass is 232 g/mol. The van der Waals surface area contributed by atoms with Crippen LogP contribution in [-0.4, -0.2) is 31.1 Å². The summed E-state index contributed by atoms with van der Waals surface area (Å²) in [6.45, 7) is 5.05. The number of anilines is 2. The summed E-state index contributed by atoms with van der Waals surface area (Å²) < 4.78 is 0. The van der Waals surface area contributed by atoms with E-state index in [1.165, 1.54) is 0 Å². The molecule has 0 atom stereocenters. The minimum absolute atomic E-state index is 0.0229. The fraction of sp³-hybridized carbons (Fsp3) is 0.462. The molecule has 0 aliphatic rings. The summed E-state index contributed by atoms with van der Waals surface area (Å²) in [5, 5.41) is 12.1. The fourth-order valence-corrected chi connectivity index (χ4v) is 1.25. The molecule has 0 heterocycles. The van der Waals surface area contributed by atoms with Crippen molar-refractivity contribution in [3.8, 4) is 6.07 Å². The molecule has 0 aliphatic heterocycles. The lowest BCUT2D eigenvalue weighted by Crippen LogP contribution is -2.44. The Hall–Kier alpha value is -1.73. The summed E-state index contributed by atoms with van der Waals surface area (Å²) in [5.74, 6) is 0.